The number of hydrogen-bond acceptors (Lipinski definition) is 3. The predicted octanol–water partition coefficient (Wildman–Crippen LogP) is 1.35. The lowest BCUT2D eigenvalue weighted by molar-refractivity contribution is -0.137. The molecule has 128 valence electrons. The molecule has 23 heavy (non-hydrogen) atoms. The summed E-state index contributed by atoms with van der Waals surface area (Å²) in [5, 5.41) is 3.15. The lowest BCUT2D eigenvalue weighted by Crippen LogP contribution is -2.52. The molecule has 0 radical (unpaired) electrons. The van der Waals surface area contributed by atoms with Gasteiger partial charge in [-0.05, 0) is 32.1 Å². The monoisotopic (exact) mass is 321 g/mol. The van der Waals surface area contributed by atoms with Crippen molar-refractivity contribution >= 4 is 11.9 Å². The summed E-state index contributed by atoms with van der Waals surface area (Å²) >= 11 is 0. The number of urea groups is 1. The van der Waals surface area contributed by atoms with Crippen LogP contribution >= 0.6 is 0 Å². The molecule has 6 heteroatoms. The number of likely N-dealkylation sites (tertiary alicyclic amines) is 2. The van der Waals surface area contributed by atoms with Crippen LogP contribution in [0.25, 0.3) is 0 Å². The Labute approximate surface area is 137 Å². The van der Waals surface area contributed by atoms with Gasteiger partial charge >= 0.3 is 6.03 Å². The molecule has 1 saturated carbocycles. The molecule has 0 aromatic heterocycles. The summed E-state index contributed by atoms with van der Waals surface area (Å²) < 4.78 is 5.97. The van der Waals surface area contributed by atoms with Crippen molar-refractivity contribution in [2.45, 2.75) is 63.2 Å². The highest BCUT2D eigenvalue weighted by atomic mass is 16.5. The van der Waals surface area contributed by atoms with Gasteiger partial charge in [-0.15, -0.1) is 0 Å². The molecular formula is C17H27N3O3. The minimum absolute atomic E-state index is 0.0274. The maximum Gasteiger partial charge on any atom is 0.317 e. The van der Waals surface area contributed by atoms with Gasteiger partial charge in [0.25, 0.3) is 0 Å². The molecule has 3 heterocycles. The maximum atomic E-state index is 12.7. The predicted molar refractivity (Wildman–Crippen MR) is 84.9 cm³/mol. The van der Waals surface area contributed by atoms with Crippen LogP contribution in [0.1, 0.15) is 44.9 Å². The van der Waals surface area contributed by atoms with Crippen molar-refractivity contribution in [3.8, 4) is 0 Å². The number of rotatable bonds is 2. The molecule has 4 rings (SSSR count). The second kappa shape index (κ2) is 6.30. The first-order chi connectivity index (χ1) is 11.2. The summed E-state index contributed by atoms with van der Waals surface area (Å²) in [4.78, 5) is 29.0. The summed E-state index contributed by atoms with van der Waals surface area (Å²) in [5.74, 6) is 0.190. The van der Waals surface area contributed by atoms with E-state index < -0.39 is 0 Å². The van der Waals surface area contributed by atoms with E-state index in [9.17, 15) is 9.59 Å². The van der Waals surface area contributed by atoms with Crippen LogP contribution in [0.3, 0.4) is 0 Å². The Hall–Kier alpha value is -1.30. The fourth-order valence-electron chi connectivity index (χ4n) is 4.59. The van der Waals surface area contributed by atoms with Crippen molar-refractivity contribution in [2.24, 2.45) is 5.92 Å². The van der Waals surface area contributed by atoms with Crippen molar-refractivity contribution in [1.29, 1.82) is 0 Å². The third-order valence-electron chi connectivity index (χ3n) is 5.86. The molecule has 0 spiro atoms. The minimum Gasteiger partial charge on any atom is -0.370 e. The van der Waals surface area contributed by atoms with Gasteiger partial charge in [0.05, 0.1) is 18.1 Å². The lowest BCUT2D eigenvalue weighted by Gasteiger charge is -2.34. The first-order valence-corrected chi connectivity index (χ1v) is 9.20. The van der Waals surface area contributed by atoms with E-state index in [4.69, 9.17) is 4.74 Å². The van der Waals surface area contributed by atoms with Gasteiger partial charge in [-0.3, -0.25) is 4.79 Å². The van der Waals surface area contributed by atoms with Gasteiger partial charge < -0.3 is 19.9 Å². The summed E-state index contributed by atoms with van der Waals surface area (Å²) in [5.41, 5.74) is 0. The third-order valence-corrected chi connectivity index (χ3v) is 5.86. The summed E-state index contributed by atoms with van der Waals surface area (Å²) in [6.45, 7) is 2.95. The highest BCUT2D eigenvalue weighted by Gasteiger charge is 2.47. The van der Waals surface area contributed by atoms with Crippen LogP contribution in [0.5, 0.6) is 0 Å². The van der Waals surface area contributed by atoms with Gasteiger partial charge in [0.15, 0.2) is 0 Å². The smallest absolute Gasteiger partial charge is 0.317 e. The Morgan fingerprint density at radius 2 is 1.70 bits per heavy atom. The zero-order valence-electron chi connectivity index (χ0n) is 13.7. The van der Waals surface area contributed by atoms with Crippen molar-refractivity contribution in [1.82, 2.24) is 15.1 Å². The van der Waals surface area contributed by atoms with E-state index in [1.54, 1.807) is 0 Å². The standard InChI is InChI=1S/C17H27N3O3/c21-16(19-7-3-4-8-19)14-9-13-10-20(11-15(14)23-13)17(22)18-12-5-1-2-6-12/h12-15H,1-11H2,(H,18,22)/t13-,14+,15-/m0/s1. The molecular weight excluding hydrogens is 294 g/mol. The second-order valence-corrected chi connectivity index (χ2v) is 7.51. The molecule has 4 fully saturated rings. The quantitative estimate of drug-likeness (QED) is 0.835. The Kier molecular flexibility index (Phi) is 4.18. The van der Waals surface area contributed by atoms with Crippen molar-refractivity contribution in [3.63, 3.8) is 0 Å². The number of fused-ring (bicyclic) bond motifs is 2. The number of ether oxygens (including phenoxy) is 1. The van der Waals surface area contributed by atoms with Crippen LogP contribution in [0, 0.1) is 5.92 Å². The van der Waals surface area contributed by atoms with Gasteiger partial charge in [-0.25, -0.2) is 4.79 Å². The molecule has 0 aromatic carbocycles. The van der Waals surface area contributed by atoms with Crippen molar-refractivity contribution < 1.29 is 14.3 Å². The Morgan fingerprint density at radius 3 is 2.43 bits per heavy atom. The zero-order chi connectivity index (χ0) is 15.8. The SMILES string of the molecule is O=C(NC1CCCC1)N1C[C@@H]2C[C@@H](C(=O)N3CCCC3)[C@H](C1)O2. The van der Waals surface area contributed by atoms with E-state index in [0.717, 1.165) is 45.2 Å². The molecule has 3 aliphatic heterocycles. The van der Waals surface area contributed by atoms with Crippen LogP contribution < -0.4 is 5.32 Å². The highest BCUT2D eigenvalue weighted by Crippen LogP contribution is 2.34. The molecule has 3 amide bonds. The normalized spacial score (nSPS) is 34.2. The average Bonchev–Trinajstić information content (AvgIpc) is 3.28. The fraction of sp³-hybridized carbons (Fsp3) is 0.882. The number of amides is 3. The lowest BCUT2D eigenvalue weighted by atomic mass is 9.99. The summed E-state index contributed by atoms with van der Waals surface area (Å²) in [6.07, 6.45) is 7.53. The van der Waals surface area contributed by atoms with E-state index in [0.29, 0.717) is 19.1 Å². The van der Waals surface area contributed by atoms with E-state index in [1.807, 2.05) is 9.80 Å². The first kappa shape index (κ1) is 15.2. The molecule has 3 atom stereocenters. The third kappa shape index (κ3) is 3.05. The molecule has 2 bridgehead atoms. The van der Waals surface area contributed by atoms with Crippen LogP contribution in [0.2, 0.25) is 0 Å². The van der Waals surface area contributed by atoms with Gasteiger partial charge in [0, 0.05) is 32.2 Å². The Morgan fingerprint density at radius 1 is 0.957 bits per heavy atom. The molecule has 3 saturated heterocycles. The van der Waals surface area contributed by atoms with Crippen molar-refractivity contribution in [3.05, 3.63) is 0 Å². The van der Waals surface area contributed by atoms with Gasteiger partial charge in [-0.2, -0.15) is 0 Å². The molecule has 1 aliphatic carbocycles. The van der Waals surface area contributed by atoms with E-state index in [2.05, 4.69) is 5.32 Å². The Bertz CT molecular complexity index is 472. The number of carbonyl (C=O) groups is 2. The molecule has 1 N–H and O–H groups in total. The highest BCUT2D eigenvalue weighted by molar-refractivity contribution is 5.81. The van der Waals surface area contributed by atoms with Crippen LogP contribution in [-0.2, 0) is 9.53 Å². The minimum atomic E-state index is -0.115. The number of nitrogens with zero attached hydrogens (tertiary/aromatic N) is 2. The van der Waals surface area contributed by atoms with Gasteiger partial charge in [-0.1, -0.05) is 12.8 Å². The van der Waals surface area contributed by atoms with E-state index >= 15 is 0 Å². The number of morpholine rings is 1. The van der Waals surface area contributed by atoms with Gasteiger partial charge in [0.2, 0.25) is 5.91 Å². The number of carbonyl (C=O) groups excluding carboxylic acids is 2. The summed E-state index contributed by atoms with van der Waals surface area (Å²) in [7, 11) is 0. The summed E-state index contributed by atoms with van der Waals surface area (Å²) in [6, 6.07) is 0.370. The van der Waals surface area contributed by atoms with E-state index in [-0.39, 0.29) is 30.1 Å². The van der Waals surface area contributed by atoms with Crippen LogP contribution in [0.15, 0.2) is 0 Å². The first-order valence-electron chi connectivity index (χ1n) is 9.20. The Balaban J connectivity index is 1.35. The largest absolute Gasteiger partial charge is 0.370 e. The topological polar surface area (TPSA) is 61.9 Å². The van der Waals surface area contributed by atoms with Crippen LogP contribution in [0.4, 0.5) is 4.79 Å². The van der Waals surface area contributed by atoms with Crippen LogP contribution in [-0.4, -0.2) is 66.2 Å². The molecule has 0 aromatic rings. The molecule has 0 unspecified atom stereocenters. The molecule has 4 aliphatic rings. The van der Waals surface area contributed by atoms with E-state index in [1.165, 1.54) is 12.8 Å². The number of nitrogens with one attached hydrogen (secondary N) is 1. The van der Waals surface area contributed by atoms with Gasteiger partial charge in [0.1, 0.15) is 0 Å². The number of hydrogen-bond donors (Lipinski definition) is 1. The second-order valence-electron chi connectivity index (χ2n) is 7.51. The van der Waals surface area contributed by atoms with Crippen molar-refractivity contribution in [2.75, 3.05) is 26.2 Å². The molecule has 6 nitrogen and oxygen atoms in total. The average molecular weight is 321 g/mol. The zero-order valence-corrected chi connectivity index (χ0v) is 13.7. The maximum absolute atomic E-state index is 12.7. The fourth-order valence-corrected chi connectivity index (χ4v) is 4.59.